The third kappa shape index (κ3) is 2.04. The Bertz CT molecular complexity index is 617. The molecule has 2 N–H and O–H groups in total. The summed E-state index contributed by atoms with van der Waals surface area (Å²) in [6.07, 6.45) is 2.17. The molecule has 1 atom stereocenters. The summed E-state index contributed by atoms with van der Waals surface area (Å²) in [6.45, 7) is 1.36. The Balaban J connectivity index is 1.98. The van der Waals surface area contributed by atoms with E-state index in [0.29, 0.717) is 11.8 Å². The van der Waals surface area contributed by atoms with Crippen LogP contribution in [0.3, 0.4) is 0 Å². The van der Waals surface area contributed by atoms with Crippen molar-refractivity contribution < 1.29 is 19.0 Å². The molecule has 0 radical (unpaired) electrons. The molecule has 2 saturated heterocycles. The molecule has 0 aromatic carbocycles. The lowest BCUT2D eigenvalue weighted by atomic mass is 10.1. The lowest BCUT2D eigenvalue weighted by Crippen LogP contribution is -2.64. The summed E-state index contributed by atoms with van der Waals surface area (Å²) in [5.41, 5.74) is 5.13. The first-order chi connectivity index (χ1) is 10.4. The van der Waals surface area contributed by atoms with Gasteiger partial charge < -0.3 is 5.73 Å². The van der Waals surface area contributed by atoms with Crippen LogP contribution in [-0.2, 0) is 9.59 Å². The summed E-state index contributed by atoms with van der Waals surface area (Å²) in [5, 5.41) is 0. The van der Waals surface area contributed by atoms with Crippen LogP contribution in [-0.4, -0.2) is 88.7 Å². The maximum absolute atomic E-state index is 12.6. The summed E-state index contributed by atoms with van der Waals surface area (Å²) >= 11 is 0. The SMILES string of the molecule is CN1C(=O)N(CC(N)=O)C(=O)C2C1=NC(=[N+]1CCCC1)N2C. The zero-order valence-corrected chi connectivity index (χ0v) is 12.7. The number of fused-ring (bicyclic) bond motifs is 1. The highest BCUT2D eigenvalue weighted by molar-refractivity contribution is 6.26. The van der Waals surface area contributed by atoms with Crippen LogP contribution in [0.1, 0.15) is 12.8 Å². The van der Waals surface area contributed by atoms with Crippen LogP contribution in [0.4, 0.5) is 4.79 Å². The van der Waals surface area contributed by atoms with Crippen LogP contribution in [0.15, 0.2) is 4.99 Å². The summed E-state index contributed by atoms with van der Waals surface area (Å²) in [4.78, 5) is 44.4. The van der Waals surface area contributed by atoms with Gasteiger partial charge in [0.25, 0.3) is 5.91 Å². The van der Waals surface area contributed by atoms with Gasteiger partial charge in [-0.05, 0) is 12.8 Å². The zero-order chi connectivity index (χ0) is 16.0. The van der Waals surface area contributed by atoms with E-state index in [-0.39, 0.29) is 0 Å². The zero-order valence-electron chi connectivity index (χ0n) is 12.7. The third-order valence-electron chi connectivity index (χ3n) is 4.23. The molecule has 22 heavy (non-hydrogen) atoms. The van der Waals surface area contributed by atoms with Crippen LogP contribution < -0.4 is 5.73 Å². The first-order valence-corrected chi connectivity index (χ1v) is 7.22. The molecule has 0 spiro atoms. The van der Waals surface area contributed by atoms with E-state index in [4.69, 9.17) is 5.73 Å². The topological polar surface area (TPSA) is 102 Å². The summed E-state index contributed by atoms with van der Waals surface area (Å²) in [5.74, 6) is -0.0798. The molecule has 3 aliphatic rings. The van der Waals surface area contributed by atoms with Gasteiger partial charge in [0, 0.05) is 7.05 Å². The van der Waals surface area contributed by atoms with Gasteiger partial charge in [-0.1, -0.05) is 4.99 Å². The van der Waals surface area contributed by atoms with Gasteiger partial charge in [-0.3, -0.25) is 24.0 Å². The quantitative estimate of drug-likeness (QED) is 0.611. The van der Waals surface area contributed by atoms with E-state index in [1.165, 1.54) is 4.90 Å². The molecule has 0 aliphatic carbocycles. The number of urea groups is 1. The van der Waals surface area contributed by atoms with Crippen molar-refractivity contribution in [3.63, 3.8) is 0 Å². The Hall–Kier alpha value is -2.45. The number of imide groups is 1. The predicted octanol–water partition coefficient (Wildman–Crippen LogP) is -1.76. The molecular formula is C13H19N6O3+. The molecule has 0 aromatic rings. The van der Waals surface area contributed by atoms with Gasteiger partial charge in [0.15, 0.2) is 0 Å². The van der Waals surface area contributed by atoms with E-state index < -0.39 is 30.4 Å². The maximum Gasteiger partial charge on any atom is 0.392 e. The number of nitrogens with zero attached hydrogens (tertiary/aromatic N) is 5. The summed E-state index contributed by atoms with van der Waals surface area (Å²) < 4.78 is 2.11. The number of amides is 4. The highest BCUT2D eigenvalue weighted by Crippen LogP contribution is 2.22. The fraction of sp³-hybridized carbons (Fsp3) is 0.615. The van der Waals surface area contributed by atoms with Crippen molar-refractivity contribution in [3.05, 3.63) is 0 Å². The van der Waals surface area contributed by atoms with Crippen LogP contribution >= 0.6 is 0 Å². The molecule has 0 saturated carbocycles. The molecule has 9 heteroatoms. The molecule has 3 heterocycles. The number of hydrogen-bond acceptors (Lipinski definition) is 3. The maximum atomic E-state index is 12.6. The lowest BCUT2D eigenvalue weighted by molar-refractivity contribution is -0.511. The molecule has 1 unspecified atom stereocenters. The van der Waals surface area contributed by atoms with Crippen molar-refractivity contribution in [1.29, 1.82) is 0 Å². The van der Waals surface area contributed by atoms with Crippen molar-refractivity contribution in [1.82, 2.24) is 14.7 Å². The van der Waals surface area contributed by atoms with Gasteiger partial charge in [0.1, 0.15) is 6.54 Å². The van der Waals surface area contributed by atoms with Gasteiger partial charge in [-0.15, -0.1) is 0 Å². The Morgan fingerprint density at radius 3 is 2.55 bits per heavy atom. The molecule has 0 aromatic heterocycles. The van der Waals surface area contributed by atoms with Gasteiger partial charge >= 0.3 is 12.0 Å². The van der Waals surface area contributed by atoms with Crippen molar-refractivity contribution in [2.24, 2.45) is 10.7 Å². The average molecular weight is 307 g/mol. The first-order valence-electron chi connectivity index (χ1n) is 7.22. The van der Waals surface area contributed by atoms with E-state index in [1.54, 1.807) is 19.0 Å². The minimum atomic E-state index is -0.722. The lowest BCUT2D eigenvalue weighted by Gasteiger charge is -2.33. The largest absolute Gasteiger partial charge is 0.392 e. The normalized spacial score (nSPS) is 25.1. The molecule has 9 nitrogen and oxygen atoms in total. The van der Waals surface area contributed by atoms with E-state index in [9.17, 15) is 14.4 Å². The van der Waals surface area contributed by atoms with Gasteiger partial charge in [0.05, 0.1) is 20.1 Å². The fourth-order valence-corrected chi connectivity index (χ4v) is 3.10. The van der Waals surface area contributed by atoms with E-state index in [1.807, 2.05) is 0 Å². The van der Waals surface area contributed by atoms with E-state index >= 15 is 0 Å². The second-order valence-electron chi connectivity index (χ2n) is 5.71. The number of primary amides is 1. The summed E-state index contributed by atoms with van der Waals surface area (Å²) in [7, 11) is 3.33. The van der Waals surface area contributed by atoms with Gasteiger partial charge in [-0.25, -0.2) is 9.69 Å². The predicted molar refractivity (Wildman–Crippen MR) is 77.3 cm³/mol. The second kappa shape index (κ2) is 5.08. The highest BCUT2D eigenvalue weighted by Gasteiger charge is 2.55. The minimum Gasteiger partial charge on any atom is -0.368 e. The fourth-order valence-electron chi connectivity index (χ4n) is 3.10. The Morgan fingerprint density at radius 1 is 1.32 bits per heavy atom. The average Bonchev–Trinajstić information content (AvgIpc) is 3.08. The number of aliphatic imine (C=N–C) groups is 1. The number of nitrogens with two attached hydrogens (primary N) is 1. The van der Waals surface area contributed by atoms with Crippen molar-refractivity contribution in [2.45, 2.75) is 18.9 Å². The van der Waals surface area contributed by atoms with Crippen LogP contribution in [0.25, 0.3) is 0 Å². The first kappa shape index (κ1) is 14.5. The highest BCUT2D eigenvalue weighted by atomic mass is 16.2. The Morgan fingerprint density at radius 2 is 1.95 bits per heavy atom. The van der Waals surface area contributed by atoms with Crippen LogP contribution in [0.2, 0.25) is 0 Å². The van der Waals surface area contributed by atoms with E-state index in [0.717, 1.165) is 30.8 Å². The number of carbonyl (C=O) groups excluding carboxylic acids is 3. The van der Waals surface area contributed by atoms with E-state index in [2.05, 4.69) is 9.57 Å². The number of likely N-dealkylation sites (N-methyl/N-ethyl adjacent to an activating group) is 2. The number of rotatable bonds is 2. The van der Waals surface area contributed by atoms with Gasteiger partial charge in [0.2, 0.25) is 17.8 Å². The number of amidine groups is 1. The van der Waals surface area contributed by atoms with Crippen LogP contribution in [0.5, 0.6) is 0 Å². The summed E-state index contributed by atoms with van der Waals surface area (Å²) in [6, 6.07) is -1.26. The molecule has 0 bridgehead atoms. The molecule has 4 amide bonds. The molecule has 3 aliphatic heterocycles. The second-order valence-corrected chi connectivity index (χ2v) is 5.71. The number of carbonyl (C=O) groups is 3. The van der Waals surface area contributed by atoms with Crippen molar-refractivity contribution in [3.8, 4) is 0 Å². The monoisotopic (exact) mass is 307 g/mol. The third-order valence-corrected chi connectivity index (χ3v) is 4.23. The Labute approximate surface area is 127 Å². The Kier molecular flexibility index (Phi) is 3.34. The van der Waals surface area contributed by atoms with Crippen molar-refractivity contribution in [2.75, 3.05) is 33.7 Å². The van der Waals surface area contributed by atoms with Crippen molar-refractivity contribution >= 4 is 29.6 Å². The molecule has 3 rings (SSSR count). The molecular weight excluding hydrogens is 288 g/mol. The molecule has 2 fully saturated rings. The minimum absolute atomic E-state index is 0.403. The number of hydrogen-bond donors (Lipinski definition) is 1. The molecule has 118 valence electrons. The van der Waals surface area contributed by atoms with Crippen LogP contribution in [0, 0.1) is 0 Å². The standard InChI is InChI=1S/C13H18N6O3/c1-16-9-10(15-12(16)18-5-3-4-6-18)17(2)13(22)19(11(9)21)7-8(14)20/h9H,3-7H2,1-2H3,(H-,14,20)/p+1. The number of guanidine groups is 1. The van der Waals surface area contributed by atoms with Gasteiger partial charge in [-0.2, -0.15) is 0 Å². The smallest absolute Gasteiger partial charge is 0.368 e.